The molecule has 9 aliphatic rings. The minimum Gasteiger partial charge on any atom is -0.279 e. The van der Waals surface area contributed by atoms with Crippen molar-refractivity contribution in [1.82, 2.24) is 19.6 Å². The van der Waals surface area contributed by atoms with Gasteiger partial charge < -0.3 is 0 Å². The summed E-state index contributed by atoms with van der Waals surface area (Å²) in [4.78, 5) is 126. The number of hydrogen-bond acceptors (Lipinski definition) is 8. The zero-order valence-corrected chi connectivity index (χ0v) is 37.1. The molecule has 0 N–H and O–H groups in total. The summed E-state index contributed by atoms with van der Waals surface area (Å²) in [6.45, 7) is 8.73. The van der Waals surface area contributed by atoms with Crippen LogP contribution in [0.15, 0.2) is 0 Å². The quantitative estimate of drug-likeness (QED) is 0.285. The molecular weight excluding hydrogens is 773 g/mol. The number of carbonyl (C=O) groups is 8. The molecule has 0 aromatic carbocycles. The number of likely N-dealkylation sites (tertiary alicyclic amines) is 4. The molecule has 4 aliphatic heterocycles. The van der Waals surface area contributed by atoms with Crippen LogP contribution in [0, 0.1) is 71.0 Å². The molecule has 0 spiro atoms. The minimum atomic E-state index is -1.16. The molecule has 8 unspecified atom stereocenters. The highest BCUT2D eigenvalue weighted by atomic mass is 16.2. The van der Waals surface area contributed by atoms with Crippen LogP contribution in [0.3, 0.4) is 0 Å². The maximum Gasteiger partial charge on any atom is 0.234 e. The maximum absolute atomic E-state index is 15.3. The fourth-order valence-electron chi connectivity index (χ4n) is 14.1. The first kappa shape index (κ1) is 42.8. The average Bonchev–Trinajstić information content (AvgIpc) is 3.49. The third-order valence-corrected chi connectivity index (χ3v) is 17.9. The van der Waals surface area contributed by atoms with E-state index in [1.807, 2.05) is 0 Å². The molecule has 0 aromatic heterocycles. The van der Waals surface area contributed by atoms with Gasteiger partial charge in [0, 0.05) is 47.8 Å². The Morgan fingerprint density at radius 3 is 0.754 bits per heavy atom. The topological polar surface area (TPSA) is 150 Å². The molecule has 9 fully saturated rings. The molecule has 12 heteroatoms. The van der Waals surface area contributed by atoms with Crippen LogP contribution in [-0.2, 0) is 38.4 Å². The Hall–Kier alpha value is -3.44. The van der Waals surface area contributed by atoms with Gasteiger partial charge in [-0.3, -0.25) is 58.0 Å². The van der Waals surface area contributed by atoms with E-state index < -0.39 is 71.0 Å². The van der Waals surface area contributed by atoms with Gasteiger partial charge in [0.2, 0.25) is 47.3 Å². The highest BCUT2D eigenvalue weighted by Crippen LogP contribution is 2.51. The molecule has 4 heterocycles. The molecule has 5 aliphatic carbocycles. The van der Waals surface area contributed by atoms with Crippen LogP contribution in [-0.4, -0.2) is 91.0 Å². The van der Waals surface area contributed by atoms with Gasteiger partial charge in [-0.05, 0) is 159 Å². The van der Waals surface area contributed by atoms with Gasteiger partial charge in [0.1, 0.15) is 0 Å². The summed E-state index contributed by atoms with van der Waals surface area (Å²) in [5.41, 5.74) is 0. The molecule has 12 nitrogen and oxygen atoms in total. The lowest BCUT2D eigenvalue weighted by molar-refractivity contribution is -0.168. The molecule has 8 amide bonds. The van der Waals surface area contributed by atoms with Gasteiger partial charge in [0.25, 0.3) is 0 Å². The van der Waals surface area contributed by atoms with Crippen molar-refractivity contribution in [3.63, 3.8) is 0 Å². The van der Waals surface area contributed by atoms with Crippen molar-refractivity contribution in [2.75, 3.05) is 0 Å². The molecule has 0 aromatic rings. The van der Waals surface area contributed by atoms with E-state index in [-0.39, 0.29) is 79.9 Å². The van der Waals surface area contributed by atoms with Crippen molar-refractivity contribution >= 4 is 47.3 Å². The van der Waals surface area contributed by atoms with Crippen LogP contribution in [0.25, 0.3) is 0 Å². The summed E-state index contributed by atoms with van der Waals surface area (Å²) < 4.78 is 0. The fraction of sp³-hybridized carbons (Fsp3) is 0.837. The summed E-state index contributed by atoms with van der Waals surface area (Å²) in [7, 11) is 0. The normalized spacial score (nSPS) is 44.1. The molecular formula is C49H70N4O8. The van der Waals surface area contributed by atoms with E-state index in [1.165, 1.54) is 19.6 Å². The predicted octanol–water partition coefficient (Wildman–Crippen LogP) is 6.67. The molecule has 61 heavy (non-hydrogen) atoms. The smallest absolute Gasteiger partial charge is 0.234 e. The first-order valence-electron chi connectivity index (χ1n) is 24.7. The Balaban J connectivity index is 1.17. The monoisotopic (exact) mass is 843 g/mol. The van der Waals surface area contributed by atoms with Gasteiger partial charge in [-0.25, -0.2) is 0 Å². The summed E-state index contributed by atoms with van der Waals surface area (Å²) in [5.74, 6) is -8.28. The predicted molar refractivity (Wildman–Crippen MR) is 224 cm³/mol. The van der Waals surface area contributed by atoms with Crippen LogP contribution in [0.2, 0.25) is 0 Å². The van der Waals surface area contributed by atoms with Crippen molar-refractivity contribution in [1.29, 1.82) is 0 Å². The maximum atomic E-state index is 15.3. The number of amides is 8. The van der Waals surface area contributed by atoms with Gasteiger partial charge in [0.05, 0.1) is 23.7 Å². The highest BCUT2D eigenvalue weighted by molar-refractivity contribution is 6.12. The van der Waals surface area contributed by atoms with Crippen LogP contribution < -0.4 is 0 Å². The second kappa shape index (κ2) is 16.9. The van der Waals surface area contributed by atoms with E-state index >= 15 is 19.2 Å². The number of hydrogen-bond donors (Lipinski definition) is 0. The molecule has 5 saturated carbocycles. The first-order valence-corrected chi connectivity index (χ1v) is 24.7. The number of imide groups is 4. The van der Waals surface area contributed by atoms with Crippen LogP contribution >= 0.6 is 0 Å². The SMILES string of the molecule is CC1CCC(N2C(=O)C3CC(CC4CC(C(=O)N(C5CCC(C)CC5)C4=O)C4C(=O)N(C5CCC(C)CC5)C(=O)C4C4CC(C3)C(=O)N(C3CCC(C)CC3)C4=O)C2=O)CC1. The van der Waals surface area contributed by atoms with E-state index in [2.05, 4.69) is 27.7 Å². The standard InChI is InChI=1S/C49H70N4O8/c1-26-5-13-34(14-6-26)50-42(54)30-21-31(43(50)55)23-33-25-39(47(59)52(45(33)57)36-17-9-28(3)10-18-36)41-40(48(60)53(49(41)61)37-19-11-29(4)12-20-37)38-24-32(22-30)44(56)51(46(38)58)35-15-7-27(2)8-16-35/h26-41H,5-25H2,1-4H3. The van der Waals surface area contributed by atoms with Crippen LogP contribution in [0.5, 0.6) is 0 Å². The van der Waals surface area contributed by atoms with Gasteiger partial charge in [-0.15, -0.1) is 0 Å². The second-order valence-corrected chi connectivity index (χ2v) is 22.1. The van der Waals surface area contributed by atoms with E-state index in [0.29, 0.717) is 75.0 Å². The third-order valence-electron chi connectivity index (χ3n) is 17.9. The average molecular weight is 843 g/mol. The van der Waals surface area contributed by atoms with Crippen molar-refractivity contribution < 1.29 is 38.4 Å². The number of carbonyl (C=O) groups excluding carboxylic acids is 8. The van der Waals surface area contributed by atoms with Gasteiger partial charge in [0.15, 0.2) is 0 Å². The summed E-state index contributed by atoms with van der Waals surface area (Å²) >= 11 is 0. The summed E-state index contributed by atoms with van der Waals surface area (Å²) in [5, 5.41) is 0. The van der Waals surface area contributed by atoms with Crippen molar-refractivity contribution in [2.45, 2.75) is 187 Å². The third kappa shape index (κ3) is 7.63. The van der Waals surface area contributed by atoms with Crippen LogP contribution in [0.1, 0.15) is 163 Å². The molecule has 8 atom stereocenters. The Morgan fingerprint density at radius 2 is 0.492 bits per heavy atom. The fourth-order valence-corrected chi connectivity index (χ4v) is 14.1. The van der Waals surface area contributed by atoms with E-state index in [9.17, 15) is 19.2 Å². The number of nitrogens with zero attached hydrogens (tertiary/aromatic N) is 4. The Bertz CT molecular complexity index is 1690. The lowest BCUT2D eigenvalue weighted by atomic mass is 9.67. The zero-order valence-electron chi connectivity index (χ0n) is 37.1. The number of rotatable bonds is 4. The van der Waals surface area contributed by atoms with Gasteiger partial charge in [-0.1, -0.05) is 27.7 Å². The molecule has 334 valence electrons. The first-order chi connectivity index (χ1) is 29.2. The Morgan fingerprint density at radius 1 is 0.279 bits per heavy atom. The van der Waals surface area contributed by atoms with E-state index in [1.54, 1.807) is 0 Å². The van der Waals surface area contributed by atoms with Gasteiger partial charge in [-0.2, -0.15) is 0 Å². The van der Waals surface area contributed by atoms with Crippen molar-refractivity contribution in [3.05, 3.63) is 0 Å². The van der Waals surface area contributed by atoms with Crippen molar-refractivity contribution in [3.8, 4) is 0 Å². The van der Waals surface area contributed by atoms with E-state index in [0.717, 1.165) is 51.4 Å². The lowest BCUT2D eigenvalue weighted by Gasteiger charge is -2.45. The van der Waals surface area contributed by atoms with Gasteiger partial charge >= 0.3 is 0 Å². The molecule has 0 radical (unpaired) electrons. The zero-order chi connectivity index (χ0) is 43.0. The summed E-state index contributed by atoms with van der Waals surface area (Å²) in [6, 6.07) is -1.29. The minimum absolute atomic E-state index is 0.0177. The Kier molecular flexibility index (Phi) is 11.9. The molecule has 9 rings (SSSR count). The molecule has 4 saturated heterocycles. The summed E-state index contributed by atoms with van der Waals surface area (Å²) in [6.07, 6.45) is 12.8. The van der Waals surface area contributed by atoms with Crippen molar-refractivity contribution in [2.24, 2.45) is 71.0 Å². The number of piperidine rings is 3. The molecule has 6 bridgehead atoms. The lowest BCUT2D eigenvalue weighted by Crippen LogP contribution is -2.59. The van der Waals surface area contributed by atoms with E-state index in [4.69, 9.17) is 0 Å². The second-order valence-electron chi connectivity index (χ2n) is 22.1. The largest absolute Gasteiger partial charge is 0.279 e. The van der Waals surface area contributed by atoms with Crippen LogP contribution in [0.4, 0.5) is 0 Å². The Labute approximate surface area is 362 Å². The highest BCUT2D eigenvalue weighted by Gasteiger charge is 2.64. The number of fused-ring (bicyclic) bond motifs is 9.